The van der Waals surface area contributed by atoms with Crippen LogP contribution in [0.1, 0.15) is 44.5 Å². The third kappa shape index (κ3) is 4.71. The highest BCUT2D eigenvalue weighted by Crippen LogP contribution is 2.62. The number of benzene rings is 11. The van der Waals surface area contributed by atoms with Gasteiger partial charge in [-0.2, -0.15) is 0 Å². The van der Waals surface area contributed by atoms with Crippen molar-refractivity contribution in [3.8, 4) is 27.9 Å². The molecule has 0 atom stereocenters. The third-order valence-electron chi connectivity index (χ3n) is 15.6. The van der Waals surface area contributed by atoms with E-state index in [1.807, 2.05) is 0 Å². The molecule has 1 spiro atoms. The van der Waals surface area contributed by atoms with Gasteiger partial charge in [0.25, 0.3) is 0 Å². The quantitative estimate of drug-likeness (QED) is 0.167. The largest absolute Gasteiger partial charge is 0.310 e. The van der Waals surface area contributed by atoms with Crippen molar-refractivity contribution in [1.29, 1.82) is 0 Å². The molecule has 0 radical (unpaired) electrons. The lowest BCUT2D eigenvalue weighted by atomic mass is 9.65. The Morgan fingerprint density at radius 2 is 0.809 bits per heavy atom. The topological polar surface area (TPSA) is 8.17 Å². The maximum atomic E-state index is 2.55. The van der Waals surface area contributed by atoms with Gasteiger partial charge >= 0.3 is 0 Å². The second-order valence-corrected chi connectivity index (χ2v) is 18.7. The molecule has 0 saturated heterocycles. The molecule has 0 bridgehead atoms. The zero-order valence-electron chi connectivity index (χ0n) is 37.1. The first kappa shape index (κ1) is 37.5. The van der Waals surface area contributed by atoms with Crippen molar-refractivity contribution >= 4 is 49.6 Å². The lowest BCUT2D eigenvalue weighted by molar-refractivity contribution is 0.748. The molecule has 1 aliphatic heterocycles. The van der Waals surface area contributed by atoms with Gasteiger partial charge in [-0.1, -0.05) is 212 Å². The molecule has 3 aliphatic rings. The Morgan fingerprint density at radius 3 is 1.51 bits per heavy atom. The van der Waals surface area contributed by atoms with E-state index in [0.717, 1.165) is 17.1 Å². The third-order valence-corrected chi connectivity index (χ3v) is 15.6. The summed E-state index contributed by atoms with van der Waals surface area (Å²) >= 11 is 0. The molecule has 11 aromatic carbocycles. The van der Waals surface area contributed by atoms with E-state index in [0.29, 0.717) is 0 Å². The molecule has 15 rings (SSSR count). The van der Waals surface area contributed by atoms with Gasteiger partial charge in [-0.3, -0.25) is 0 Å². The highest BCUT2D eigenvalue weighted by molar-refractivity contribution is 6.14. The summed E-state index contributed by atoms with van der Waals surface area (Å²) in [5, 5.41) is 4.89. The molecule has 12 aromatic rings. The average molecular weight is 863 g/mol. The zero-order valence-corrected chi connectivity index (χ0v) is 37.1. The first-order chi connectivity index (χ1) is 33.8. The van der Waals surface area contributed by atoms with Crippen LogP contribution in [0.4, 0.5) is 17.1 Å². The zero-order chi connectivity index (χ0) is 44.6. The van der Waals surface area contributed by atoms with E-state index in [1.54, 1.807) is 0 Å². The van der Waals surface area contributed by atoms with E-state index in [2.05, 4.69) is 264 Å². The van der Waals surface area contributed by atoms with Crippen molar-refractivity contribution in [1.82, 2.24) is 4.57 Å². The van der Waals surface area contributed by atoms with E-state index in [1.165, 1.54) is 105 Å². The number of aromatic nitrogens is 1. The number of fused-ring (bicyclic) bond motifs is 16. The summed E-state index contributed by atoms with van der Waals surface area (Å²) < 4.78 is 2.55. The molecule has 1 aromatic heterocycles. The van der Waals surface area contributed by atoms with Crippen molar-refractivity contribution < 1.29 is 0 Å². The molecule has 2 nitrogen and oxygen atoms in total. The van der Waals surface area contributed by atoms with Gasteiger partial charge in [0.05, 0.1) is 33.2 Å². The maximum absolute atomic E-state index is 2.55. The van der Waals surface area contributed by atoms with Gasteiger partial charge in [0.1, 0.15) is 0 Å². The predicted octanol–water partition coefficient (Wildman–Crippen LogP) is 16.4. The summed E-state index contributed by atoms with van der Waals surface area (Å²) in [7, 11) is 0. The maximum Gasteiger partial charge on any atom is 0.0754 e. The van der Waals surface area contributed by atoms with Crippen LogP contribution in [0.25, 0.3) is 60.5 Å². The second-order valence-electron chi connectivity index (χ2n) is 18.7. The Morgan fingerprint density at radius 1 is 0.309 bits per heavy atom. The fourth-order valence-corrected chi connectivity index (χ4v) is 13.1. The molecule has 2 aliphatic carbocycles. The summed E-state index contributed by atoms with van der Waals surface area (Å²) in [5.41, 5.74) is 21.7. The molecule has 68 heavy (non-hydrogen) atoms. The summed E-state index contributed by atoms with van der Waals surface area (Å²) in [6.45, 7) is 0. The van der Waals surface area contributed by atoms with Crippen LogP contribution in [-0.4, -0.2) is 4.57 Å². The van der Waals surface area contributed by atoms with Crippen LogP contribution in [0.2, 0.25) is 0 Å². The molecule has 0 N–H and O–H groups in total. The molecular weight excluding hydrogens is 821 g/mol. The normalized spacial score (nSPS) is 14.1. The van der Waals surface area contributed by atoms with E-state index in [9.17, 15) is 0 Å². The average Bonchev–Trinajstić information content (AvgIpc) is 4.02. The van der Waals surface area contributed by atoms with Gasteiger partial charge in [-0.15, -0.1) is 0 Å². The van der Waals surface area contributed by atoms with Gasteiger partial charge in [-0.25, -0.2) is 0 Å². The van der Waals surface area contributed by atoms with E-state index in [4.69, 9.17) is 0 Å². The molecule has 0 fully saturated rings. The number of para-hydroxylation sites is 2. The smallest absolute Gasteiger partial charge is 0.0754 e. The Bertz CT molecular complexity index is 3960. The Labute approximate surface area is 395 Å². The minimum atomic E-state index is -0.529. The minimum absolute atomic E-state index is 0.461. The fourth-order valence-electron chi connectivity index (χ4n) is 13.1. The van der Waals surface area contributed by atoms with Crippen molar-refractivity contribution in [2.45, 2.75) is 10.8 Å². The summed E-state index contributed by atoms with van der Waals surface area (Å²) in [5.74, 6) is 0. The molecule has 2 heterocycles. The van der Waals surface area contributed by atoms with E-state index >= 15 is 0 Å². The summed E-state index contributed by atoms with van der Waals surface area (Å²) in [6, 6.07) is 95.5. The number of rotatable bonds is 5. The van der Waals surface area contributed by atoms with Crippen LogP contribution in [-0.2, 0) is 10.8 Å². The number of nitrogens with zero attached hydrogens (tertiary/aromatic N) is 2. The Hall–Kier alpha value is -8.72. The van der Waals surface area contributed by atoms with Gasteiger partial charge in [-0.05, 0) is 115 Å². The first-order valence-corrected chi connectivity index (χ1v) is 23.8. The lowest BCUT2D eigenvalue weighted by Crippen LogP contribution is -2.33. The van der Waals surface area contributed by atoms with Gasteiger partial charge < -0.3 is 9.47 Å². The Kier molecular flexibility index (Phi) is 7.67. The fraction of sp³-hybridized carbons (Fsp3) is 0.0303. The van der Waals surface area contributed by atoms with E-state index in [-0.39, 0.29) is 0 Å². The number of anilines is 3. The first-order valence-electron chi connectivity index (χ1n) is 23.8. The molecule has 2 heteroatoms. The van der Waals surface area contributed by atoms with Gasteiger partial charge in [0, 0.05) is 27.5 Å². The van der Waals surface area contributed by atoms with Crippen LogP contribution in [0, 0.1) is 0 Å². The van der Waals surface area contributed by atoms with E-state index < -0.39 is 10.8 Å². The molecule has 316 valence electrons. The number of hydrogen-bond donors (Lipinski definition) is 0. The van der Waals surface area contributed by atoms with Gasteiger partial charge in [0.2, 0.25) is 0 Å². The Balaban J connectivity index is 1.02. The molecule has 0 unspecified atom stereocenters. The molecular formula is C66H42N2. The lowest BCUT2D eigenvalue weighted by Gasteiger charge is -2.39. The summed E-state index contributed by atoms with van der Waals surface area (Å²) in [4.78, 5) is 2.51. The van der Waals surface area contributed by atoms with Crippen molar-refractivity contribution in [3.63, 3.8) is 0 Å². The SMILES string of the molecule is c1ccc(C2(c3ccccc3)c3ccccc3-c3ccc(N(c4ccc5c(c4)c4cccc6c4n5-c4ccccc4C64c5ccccc5-c5ccccc54)c4cccc5ccccc45)cc32)cc1. The highest BCUT2D eigenvalue weighted by Gasteiger charge is 2.51. The van der Waals surface area contributed by atoms with Crippen LogP contribution in [0.3, 0.4) is 0 Å². The number of hydrogen-bond acceptors (Lipinski definition) is 1. The van der Waals surface area contributed by atoms with Gasteiger partial charge in [0.15, 0.2) is 0 Å². The van der Waals surface area contributed by atoms with Crippen molar-refractivity contribution in [2.75, 3.05) is 4.90 Å². The highest BCUT2D eigenvalue weighted by atomic mass is 15.1. The predicted molar refractivity (Wildman–Crippen MR) is 281 cm³/mol. The standard InChI is InChI=1S/C66H42N2/c1-3-21-44(22-4-1)65(45-23-5-2-6-24-45)55-30-12-9-28-51(55)52-39-37-47(42-60(52)65)67(61-36-17-20-43-19-7-8-25-48(43)61)46-38-40-62-54(41-46)53-29-18-34-59-64(53)68(62)63-35-16-15-33-58(63)66(59)56-31-13-10-26-49(56)50-27-11-14-32-57(50)66/h1-42H. The summed E-state index contributed by atoms with van der Waals surface area (Å²) in [6.07, 6.45) is 0. The minimum Gasteiger partial charge on any atom is -0.310 e. The van der Waals surface area contributed by atoms with Crippen LogP contribution in [0.5, 0.6) is 0 Å². The monoisotopic (exact) mass is 862 g/mol. The van der Waals surface area contributed by atoms with Crippen LogP contribution in [0.15, 0.2) is 255 Å². The molecule has 0 amide bonds. The second kappa shape index (κ2) is 13.9. The van der Waals surface area contributed by atoms with Crippen LogP contribution < -0.4 is 4.90 Å². The molecule has 0 saturated carbocycles. The van der Waals surface area contributed by atoms with Crippen molar-refractivity contribution in [3.05, 3.63) is 299 Å². The van der Waals surface area contributed by atoms with Crippen LogP contribution >= 0.6 is 0 Å². The van der Waals surface area contributed by atoms with Crippen molar-refractivity contribution in [2.24, 2.45) is 0 Å².